The average Bonchev–Trinajstić information content (AvgIpc) is 2.37. The van der Waals surface area contributed by atoms with Crippen molar-refractivity contribution in [1.29, 1.82) is 0 Å². The third kappa shape index (κ3) is 2.38. The average molecular weight is 167 g/mol. The van der Waals surface area contributed by atoms with Crippen molar-refractivity contribution in [2.75, 3.05) is 0 Å². The highest BCUT2D eigenvalue weighted by molar-refractivity contribution is 5.08. The molecule has 0 radical (unpaired) electrons. The third-order valence-corrected chi connectivity index (χ3v) is 2.15. The largest absolute Gasteiger partial charge is 0.472 e. The summed E-state index contributed by atoms with van der Waals surface area (Å²) in [6.45, 7) is 6.45. The molecule has 0 aliphatic heterocycles. The molecule has 1 unspecified atom stereocenters. The van der Waals surface area contributed by atoms with Crippen LogP contribution in [0.2, 0.25) is 0 Å². The van der Waals surface area contributed by atoms with E-state index < -0.39 is 0 Å². The van der Waals surface area contributed by atoms with Crippen LogP contribution in [0.5, 0.6) is 0 Å². The van der Waals surface area contributed by atoms with Crippen LogP contribution in [0.15, 0.2) is 23.0 Å². The summed E-state index contributed by atoms with van der Waals surface area (Å²) < 4.78 is 4.97. The number of furan rings is 1. The number of nitrogens with two attached hydrogens (primary N) is 1. The van der Waals surface area contributed by atoms with Crippen molar-refractivity contribution in [3.63, 3.8) is 0 Å². The van der Waals surface area contributed by atoms with Gasteiger partial charge < -0.3 is 10.2 Å². The van der Waals surface area contributed by atoms with Gasteiger partial charge in [0, 0.05) is 6.04 Å². The zero-order valence-corrected chi connectivity index (χ0v) is 8.00. The van der Waals surface area contributed by atoms with E-state index in [9.17, 15) is 0 Å². The Balaban J connectivity index is 2.53. The summed E-state index contributed by atoms with van der Waals surface area (Å²) in [5.41, 5.74) is 7.34. The summed E-state index contributed by atoms with van der Waals surface area (Å²) >= 11 is 0. The highest BCUT2D eigenvalue weighted by atomic mass is 16.3. The van der Waals surface area contributed by atoms with Gasteiger partial charge in [0.2, 0.25) is 0 Å². The van der Waals surface area contributed by atoms with E-state index >= 15 is 0 Å². The molecule has 12 heavy (non-hydrogen) atoms. The van der Waals surface area contributed by atoms with Gasteiger partial charge in [0.15, 0.2) is 0 Å². The van der Waals surface area contributed by atoms with Crippen LogP contribution in [-0.4, -0.2) is 6.04 Å². The van der Waals surface area contributed by atoms with E-state index in [4.69, 9.17) is 10.2 Å². The van der Waals surface area contributed by atoms with E-state index in [0.717, 1.165) is 6.42 Å². The van der Waals surface area contributed by atoms with Gasteiger partial charge >= 0.3 is 0 Å². The van der Waals surface area contributed by atoms with Gasteiger partial charge in [0.05, 0.1) is 12.5 Å². The lowest BCUT2D eigenvalue weighted by Gasteiger charge is -2.26. The fourth-order valence-electron chi connectivity index (χ4n) is 0.969. The van der Waals surface area contributed by atoms with Gasteiger partial charge in [-0.2, -0.15) is 0 Å². The molecule has 0 aliphatic carbocycles. The van der Waals surface area contributed by atoms with Gasteiger partial charge in [-0.05, 0) is 23.5 Å². The van der Waals surface area contributed by atoms with Crippen LogP contribution in [-0.2, 0) is 6.42 Å². The van der Waals surface area contributed by atoms with E-state index in [1.165, 1.54) is 5.56 Å². The highest BCUT2D eigenvalue weighted by Crippen LogP contribution is 2.20. The van der Waals surface area contributed by atoms with Gasteiger partial charge in [-0.15, -0.1) is 0 Å². The normalized spacial score (nSPS) is 14.7. The molecule has 0 spiro atoms. The molecule has 0 amide bonds. The molecule has 2 nitrogen and oxygen atoms in total. The predicted molar refractivity (Wildman–Crippen MR) is 49.8 cm³/mol. The highest BCUT2D eigenvalue weighted by Gasteiger charge is 2.20. The zero-order chi connectivity index (χ0) is 9.19. The van der Waals surface area contributed by atoms with Crippen LogP contribution >= 0.6 is 0 Å². The first-order valence-electron chi connectivity index (χ1n) is 4.27. The van der Waals surface area contributed by atoms with Crippen LogP contribution in [0.3, 0.4) is 0 Å². The molecule has 68 valence electrons. The van der Waals surface area contributed by atoms with Crippen LogP contribution < -0.4 is 5.73 Å². The zero-order valence-electron chi connectivity index (χ0n) is 8.00. The first-order chi connectivity index (χ1) is 5.50. The summed E-state index contributed by atoms with van der Waals surface area (Å²) in [4.78, 5) is 0. The fraction of sp³-hybridized carbons (Fsp3) is 0.600. The molecule has 1 aromatic rings. The smallest absolute Gasteiger partial charge is 0.0935 e. The Morgan fingerprint density at radius 3 is 2.58 bits per heavy atom. The molecule has 0 saturated heterocycles. The molecule has 0 aliphatic rings. The first-order valence-corrected chi connectivity index (χ1v) is 4.27. The quantitative estimate of drug-likeness (QED) is 0.733. The lowest BCUT2D eigenvalue weighted by molar-refractivity contribution is 0.318. The van der Waals surface area contributed by atoms with Gasteiger partial charge in [-0.3, -0.25) is 0 Å². The van der Waals surface area contributed by atoms with E-state index in [-0.39, 0.29) is 11.5 Å². The molecule has 2 heteroatoms. The van der Waals surface area contributed by atoms with Gasteiger partial charge in [0.1, 0.15) is 0 Å². The fourth-order valence-corrected chi connectivity index (χ4v) is 0.969. The molecule has 1 atom stereocenters. The van der Waals surface area contributed by atoms with E-state index in [1.54, 1.807) is 12.5 Å². The van der Waals surface area contributed by atoms with Crippen molar-refractivity contribution < 1.29 is 4.42 Å². The molecule has 1 heterocycles. The van der Waals surface area contributed by atoms with E-state index in [1.807, 2.05) is 6.07 Å². The SMILES string of the molecule is CC(C)(C)C(N)Cc1ccoc1. The topological polar surface area (TPSA) is 39.2 Å². The maximum Gasteiger partial charge on any atom is 0.0935 e. The van der Waals surface area contributed by atoms with Crippen molar-refractivity contribution in [3.8, 4) is 0 Å². The first kappa shape index (κ1) is 9.33. The van der Waals surface area contributed by atoms with Crippen molar-refractivity contribution in [2.24, 2.45) is 11.1 Å². The maximum atomic E-state index is 6.00. The van der Waals surface area contributed by atoms with Crippen molar-refractivity contribution in [1.82, 2.24) is 0 Å². The van der Waals surface area contributed by atoms with Crippen LogP contribution in [0, 0.1) is 5.41 Å². The molecule has 1 aromatic heterocycles. The Kier molecular flexibility index (Phi) is 2.58. The van der Waals surface area contributed by atoms with Gasteiger partial charge in [-0.1, -0.05) is 20.8 Å². The molecule has 1 rings (SSSR count). The lowest BCUT2D eigenvalue weighted by Crippen LogP contribution is -2.36. The second-order valence-corrected chi connectivity index (χ2v) is 4.31. The molecular formula is C10H17NO. The monoisotopic (exact) mass is 167 g/mol. The van der Waals surface area contributed by atoms with E-state index in [2.05, 4.69) is 20.8 Å². The number of hydrogen-bond donors (Lipinski definition) is 1. The molecule has 2 N–H and O–H groups in total. The lowest BCUT2D eigenvalue weighted by atomic mass is 9.84. The molecule has 0 fully saturated rings. The number of hydrogen-bond acceptors (Lipinski definition) is 2. The predicted octanol–water partition coefficient (Wildman–Crippen LogP) is 2.20. The summed E-state index contributed by atoms with van der Waals surface area (Å²) in [6.07, 6.45) is 4.33. The molecular weight excluding hydrogens is 150 g/mol. The minimum absolute atomic E-state index is 0.164. The van der Waals surface area contributed by atoms with E-state index in [0.29, 0.717) is 0 Å². The Morgan fingerprint density at radius 1 is 1.50 bits per heavy atom. The summed E-state index contributed by atoms with van der Waals surface area (Å²) in [5, 5.41) is 0. The van der Waals surface area contributed by atoms with Gasteiger partial charge in [0.25, 0.3) is 0 Å². The Hall–Kier alpha value is -0.760. The minimum Gasteiger partial charge on any atom is -0.472 e. The van der Waals surface area contributed by atoms with Gasteiger partial charge in [-0.25, -0.2) is 0 Å². The maximum absolute atomic E-state index is 6.00. The Morgan fingerprint density at radius 2 is 2.17 bits per heavy atom. The van der Waals surface area contributed by atoms with Crippen LogP contribution in [0.25, 0.3) is 0 Å². The second kappa shape index (κ2) is 3.31. The standard InChI is InChI=1S/C10H17NO/c1-10(2,3)9(11)6-8-4-5-12-7-8/h4-5,7,9H,6,11H2,1-3H3. The van der Waals surface area contributed by atoms with Crippen molar-refractivity contribution in [2.45, 2.75) is 33.2 Å². The Labute approximate surface area is 73.8 Å². The molecule has 0 aromatic carbocycles. The van der Waals surface area contributed by atoms with Crippen LogP contribution in [0.1, 0.15) is 26.3 Å². The number of rotatable bonds is 2. The molecule has 0 bridgehead atoms. The second-order valence-electron chi connectivity index (χ2n) is 4.31. The van der Waals surface area contributed by atoms with Crippen molar-refractivity contribution in [3.05, 3.63) is 24.2 Å². The summed E-state index contributed by atoms with van der Waals surface area (Å²) in [7, 11) is 0. The summed E-state index contributed by atoms with van der Waals surface area (Å²) in [6, 6.07) is 2.15. The third-order valence-electron chi connectivity index (χ3n) is 2.15. The van der Waals surface area contributed by atoms with Crippen LogP contribution in [0.4, 0.5) is 0 Å². The molecule has 0 saturated carbocycles. The minimum atomic E-state index is 0.164. The summed E-state index contributed by atoms with van der Waals surface area (Å²) in [5.74, 6) is 0. The van der Waals surface area contributed by atoms with Crippen molar-refractivity contribution >= 4 is 0 Å². The Bertz CT molecular complexity index is 220.